The lowest BCUT2D eigenvalue weighted by atomic mass is 9.49. The highest BCUT2D eigenvalue weighted by molar-refractivity contribution is 6.27. The molecule has 2 unspecified atom stereocenters. The largest absolute Gasteiger partial charge is 0.600 e. The van der Waals surface area contributed by atoms with Crippen molar-refractivity contribution in [2.45, 2.75) is 281 Å². The number of amides is 1. The van der Waals surface area contributed by atoms with Gasteiger partial charge >= 0.3 is 18.0 Å². The molecule has 10 rings (SSSR count). The Morgan fingerprint density at radius 3 is 2.01 bits per heavy atom. The first kappa shape index (κ1) is 71.2. The summed E-state index contributed by atoms with van der Waals surface area (Å²) in [5.41, 5.74) is -4.76. The van der Waals surface area contributed by atoms with Crippen LogP contribution in [0.25, 0.3) is 0 Å². The van der Waals surface area contributed by atoms with Crippen molar-refractivity contribution in [1.82, 2.24) is 5.32 Å². The second kappa shape index (κ2) is 28.5. The second-order valence-electron chi connectivity index (χ2n) is 28.3. The smallest absolute Gasteiger partial charge is 0.407 e. The number of hydrogen-bond acceptors (Lipinski definition) is 24. The van der Waals surface area contributed by atoms with Crippen LogP contribution < -0.4 is 10.5 Å². The van der Waals surface area contributed by atoms with Crippen molar-refractivity contribution in [2.24, 2.45) is 40.9 Å². The Morgan fingerprint density at radius 2 is 1.35 bits per heavy atom. The number of hydrogen-bond donors (Lipinski definition) is 7. The van der Waals surface area contributed by atoms with Crippen molar-refractivity contribution in [3.8, 4) is 0 Å². The molecule has 0 radical (unpaired) electrons. The molecular weight excluding hydrogens is 1220 g/mol. The third-order valence-corrected chi connectivity index (χ3v) is 21.8. The number of carbonyl (C=O) groups excluding carboxylic acids is 5. The number of aliphatic hydroxyl groups is 4. The van der Waals surface area contributed by atoms with Gasteiger partial charge in [-0.05, 0) is 116 Å². The Bertz CT molecular complexity index is 2900. The summed E-state index contributed by atoms with van der Waals surface area (Å²) in [6.07, 6.45) is -3.50. The van der Waals surface area contributed by atoms with Crippen molar-refractivity contribution in [3.05, 3.63) is 63.6 Å². The molecule has 0 aromatic carbocycles. The lowest BCUT2D eigenvalue weighted by Gasteiger charge is -2.56. The normalized spacial score (nSPS) is 48.6. The summed E-state index contributed by atoms with van der Waals surface area (Å²) in [5, 5.41) is 71.7. The average molecular weight is 1320 g/mol. The zero-order valence-electron chi connectivity index (χ0n) is 55.5. The Labute approximate surface area is 543 Å². The van der Waals surface area contributed by atoms with E-state index in [1.165, 1.54) is 27.0 Å². The Morgan fingerprint density at radius 1 is 0.720 bits per heavy atom. The van der Waals surface area contributed by atoms with Crippen molar-refractivity contribution in [1.29, 1.82) is 0 Å². The predicted octanol–water partition coefficient (Wildman–Crippen LogP) is 4.86. The maximum atomic E-state index is 15.6. The summed E-state index contributed by atoms with van der Waals surface area (Å²) < 4.78 is 81.6. The number of ether oxygens (including phenoxy) is 13. The second-order valence-corrected chi connectivity index (χ2v) is 28.3. The van der Waals surface area contributed by atoms with Crippen molar-refractivity contribution in [3.63, 3.8) is 0 Å². The fraction of sp³-hybridized carbons (Fsp3) is 0.776. The Balaban J connectivity index is 0.905. The summed E-state index contributed by atoms with van der Waals surface area (Å²) in [6.45, 7) is 21.2. The van der Waals surface area contributed by atoms with Crippen LogP contribution in [0.2, 0.25) is 0 Å². The van der Waals surface area contributed by atoms with Crippen LogP contribution in [0.15, 0.2) is 58.4 Å². The molecule has 30 atom stereocenters. The number of ketones is 1. The summed E-state index contributed by atoms with van der Waals surface area (Å²) >= 11 is 0. The van der Waals surface area contributed by atoms with Crippen molar-refractivity contribution < 1.29 is 116 Å². The van der Waals surface area contributed by atoms with Gasteiger partial charge in [-0.1, -0.05) is 50.6 Å². The number of aldehydes is 1. The first-order valence-corrected chi connectivity index (χ1v) is 33.2. The minimum atomic E-state index is -2.28. The fourth-order valence-corrected chi connectivity index (χ4v) is 16.9. The SMILES string of the molecule is COC(=O)N[C@H]1[C@@H](C)O[C@@H](O[C@H]2C/C=C(/C)[C@@H]3C=C[C@@H]4[C@@H](O[C@H]5C[C@@H](O[C@H]6CC[C@@H](O[C@H]7C[C@@H](O)[C@@H](O[C@H]8CC[C@@H](O)[C@H](C)O8)[C@H](C)O7)[C@H](C)O6)[C@@H](OC(C)=O)[C@H](C)O5)[C@@H](C)C[C@H](C)[C@H]4[C@]3(C)/C(O)=C3\C(=O)OC4(C=C(C=O)C[C@H](O)[C@H]4/C=C/2C)C3=O)C[C@]1(C)[NH+]([O-])O. The van der Waals surface area contributed by atoms with Gasteiger partial charge in [0.1, 0.15) is 35.9 Å². The molecule has 1 saturated carbocycles. The molecule has 6 aliphatic heterocycles. The molecule has 26 heteroatoms. The van der Waals surface area contributed by atoms with Crippen LogP contribution in [0.4, 0.5) is 4.79 Å². The van der Waals surface area contributed by atoms with Gasteiger partial charge in [0.05, 0.1) is 86.6 Å². The van der Waals surface area contributed by atoms with Crippen LogP contribution in [-0.2, 0) is 80.8 Å². The zero-order chi connectivity index (χ0) is 67.5. The van der Waals surface area contributed by atoms with Gasteiger partial charge in [0.2, 0.25) is 11.4 Å². The van der Waals surface area contributed by atoms with Crippen LogP contribution in [0.5, 0.6) is 0 Å². The lowest BCUT2D eigenvalue weighted by molar-refractivity contribution is -1.09. The molecule has 6 heterocycles. The van der Waals surface area contributed by atoms with E-state index in [1.807, 2.05) is 39.8 Å². The number of carbonyl (C=O) groups is 5. The quantitative estimate of drug-likeness (QED) is 0.0305. The third-order valence-electron chi connectivity index (χ3n) is 21.8. The third kappa shape index (κ3) is 14.1. The molecule has 4 aliphatic carbocycles. The number of alkyl carbamates (subject to hydrolysis) is 1. The molecule has 0 aromatic heterocycles. The minimum absolute atomic E-state index is 0.00628. The van der Waals surface area contributed by atoms with E-state index in [2.05, 4.69) is 25.2 Å². The predicted molar refractivity (Wildman–Crippen MR) is 324 cm³/mol. The Kier molecular flexibility index (Phi) is 21.8. The summed E-state index contributed by atoms with van der Waals surface area (Å²) in [6, 6.07) is -1.02. The maximum absolute atomic E-state index is 15.6. The fourth-order valence-electron chi connectivity index (χ4n) is 16.9. The molecular formula is C67H98N2O24. The number of methoxy groups -OCH3 is 1. The van der Waals surface area contributed by atoms with Gasteiger partial charge in [-0.25, -0.2) is 20.0 Å². The number of fused-ring (bicyclic) bond motifs is 4. The van der Waals surface area contributed by atoms with Gasteiger partial charge in [0.15, 0.2) is 43.1 Å². The first-order chi connectivity index (χ1) is 43.9. The van der Waals surface area contributed by atoms with Gasteiger partial charge in [-0.3, -0.25) is 14.4 Å². The molecule has 7 N–H and O–H groups in total. The molecule has 1 amide bonds. The number of hydroxylamine groups is 2. The lowest BCUT2D eigenvalue weighted by Crippen LogP contribution is -3.17. The van der Waals surface area contributed by atoms with Crippen LogP contribution >= 0.6 is 0 Å². The van der Waals surface area contributed by atoms with E-state index in [4.69, 9.17) is 61.6 Å². The summed E-state index contributed by atoms with van der Waals surface area (Å²) in [5.74, 6) is -6.46. The molecule has 0 aromatic rings. The van der Waals surface area contributed by atoms with Gasteiger partial charge < -0.3 is 92.5 Å². The highest BCUT2D eigenvalue weighted by Gasteiger charge is 2.64. The van der Waals surface area contributed by atoms with Gasteiger partial charge in [0, 0.05) is 56.3 Å². The van der Waals surface area contributed by atoms with Crippen LogP contribution in [-0.4, -0.2) is 197 Å². The molecule has 26 nitrogen and oxygen atoms in total. The molecule has 7 fully saturated rings. The van der Waals surface area contributed by atoms with Crippen molar-refractivity contribution in [2.75, 3.05) is 7.11 Å². The van der Waals surface area contributed by atoms with Crippen LogP contribution in [0.1, 0.15) is 147 Å². The molecule has 93 heavy (non-hydrogen) atoms. The number of nitrogens with one attached hydrogen (secondary N) is 2. The van der Waals surface area contributed by atoms with Gasteiger partial charge in [-0.2, -0.15) is 0 Å². The van der Waals surface area contributed by atoms with E-state index in [0.717, 1.165) is 5.57 Å². The number of rotatable bonds is 14. The number of esters is 2. The number of aliphatic hydroxyl groups excluding tert-OH is 4. The average Bonchev–Trinajstić information content (AvgIpc) is 1.68. The van der Waals surface area contributed by atoms with Gasteiger partial charge in [-0.15, -0.1) is 0 Å². The number of quaternary nitrogens is 1. The van der Waals surface area contributed by atoms with E-state index in [0.29, 0.717) is 44.0 Å². The number of Topliss-reactive ketones (excluding diaryl/α,β-unsaturated/α-hetero) is 1. The Hall–Kier alpha value is -4.59. The zero-order valence-corrected chi connectivity index (χ0v) is 55.5. The molecule has 6 saturated heterocycles. The molecule has 2 bridgehead atoms. The van der Waals surface area contributed by atoms with Crippen LogP contribution in [0.3, 0.4) is 0 Å². The monoisotopic (exact) mass is 1310 g/mol. The van der Waals surface area contributed by atoms with E-state index < -0.39 is 204 Å². The topological polar surface area (TPSA) is 346 Å². The van der Waals surface area contributed by atoms with E-state index in [9.17, 15) is 50.0 Å². The van der Waals surface area contributed by atoms with Gasteiger partial charge in [0.25, 0.3) is 0 Å². The highest BCUT2D eigenvalue weighted by Crippen LogP contribution is 2.61. The minimum Gasteiger partial charge on any atom is -0.600 e. The first-order valence-electron chi connectivity index (χ1n) is 33.2. The standard InChI is InChI=1S/C67H98N2O24/c1-30-14-18-47(88-54-28-65(11,69(79)80)60(38(9)86-54)68-64(78)81-13)31(2)23-43-45(73)24-40(29-70)27-67(43)62(76)55(63(77)93-67)61(75)66(12)42(30)16-15-41-56(66)32(3)22-33(4)57(41)92-53-26-49(59(37(8)85-53)87-39(10)71)90-50-21-19-48(35(6)83-50)89-52-25-46(74)58(36(7)84-52)91-51-20-17-44(72)34(5)82-51/h14-16,23,27,29,32-38,41-54,56-60,69,72-75,79H,17-22,24-26,28H2,1-13H3,(H,68,78)/b30-14-,31-23+,61-55+/t32-,33-,34-,35-,36-,37-,38+,41-,42-,43+,44+,45-,46+,47-,48+,49+,50-,51-,52-,53-,54-,56+,57-,58-,59-,60-,65-,66+,67?/m0/s1. The maximum Gasteiger partial charge on any atom is 0.407 e. The molecule has 520 valence electrons. The van der Waals surface area contributed by atoms with E-state index >= 15 is 4.79 Å². The molecule has 10 aliphatic rings. The summed E-state index contributed by atoms with van der Waals surface area (Å²) in [7, 11) is 1.17. The summed E-state index contributed by atoms with van der Waals surface area (Å²) in [4.78, 5) is 68.1. The van der Waals surface area contributed by atoms with Crippen LogP contribution in [0, 0.1) is 46.1 Å². The van der Waals surface area contributed by atoms with E-state index in [-0.39, 0.29) is 49.5 Å². The van der Waals surface area contributed by atoms with E-state index in [1.54, 1.807) is 33.8 Å². The number of allylic oxidation sites excluding steroid dienone is 3. The highest BCUT2D eigenvalue weighted by atomic mass is 16.8. The molecule has 1 spiro atoms. The van der Waals surface area contributed by atoms with Crippen molar-refractivity contribution >= 4 is 30.1 Å².